The number of carbonyl (C=O) groups excluding carboxylic acids is 2. The van der Waals surface area contributed by atoms with Crippen LogP contribution in [0.2, 0.25) is 0 Å². The lowest BCUT2D eigenvalue weighted by Crippen LogP contribution is -2.16. The summed E-state index contributed by atoms with van der Waals surface area (Å²) in [4.78, 5) is 23.2. The van der Waals surface area contributed by atoms with Crippen LogP contribution in [-0.2, 0) is 0 Å². The molecule has 6 heteroatoms. The highest BCUT2D eigenvalue weighted by atomic mass is 79.9. The summed E-state index contributed by atoms with van der Waals surface area (Å²) in [6, 6.07) is 8.73. The van der Waals surface area contributed by atoms with E-state index in [-0.39, 0.29) is 11.3 Å². The van der Waals surface area contributed by atoms with E-state index in [9.17, 15) is 14.0 Å². The van der Waals surface area contributed by atoms with Gasteiger partial charge < -0.3 is 11.1 Å². The van der Waals surface area contributed by atoms with E-state index in [1.165, 1.54) is 12.1 Å². The summed E-state index contributed by atoms with van der Waals surface area (Å²) >= 11 is 3.29. The number of nitrogens with two attached hydrogens (primary N) is 1. The van der Waals surface area contributed by atoms with Crippen LogP contribution in [0.1, 0.15) is 26.3 Å². The first-order valence-corrected chi connectivity index (χ1v) is 6.84. The first kappa shape index (κ1) is 15.2. The van der Waals surface area contributed by atoms with Crippen molar-refractivity contribution in [1.29, 1.82) is 0 Å². The van der Waals surface area contributed by atoms with E-state index < -0.39 is 17.6 Å². The molecule has 2 amide bonds. The van der Waals surface area contributed by atoms with Crippen molar-refractivity contribution in [1.82, 2.24) is 0 Å². The van der Waals surface area contributed by atoms with E-state index in [0.717, 1.165) is 11.6 Å². The van der Waals surface area contributed by atoms with E-state index in [1.54, 1.807) is 18.2 Å². The Balaban J connectivity index is 2.31. The number of primary amides is 1. The second-order valence-electron chi connectivity index (χ2n) is 4.50. The second-order valence-corrected chi connectivity index (χ2v) is 5.35. The third-order valence-electron chi connectivity index (χ3n) is 2.87. The topological polar surface area (TPSA) is 72.2 Å². The number of amides is 2. The van der Waals surface area contributed by atoms with Crippen LogP contribution >= 0.6 is 15.9 Å². The molecule has 0 aromatic heterocycles. The zero-order valence-corrected chi connectivity index (χ0v) is 12.7. The number of hydrogen-bond donors (Lipinski definition) is 2. The largest absolute Gasteiger partial charge is 0.366 e. The summed E-state index contributed by atoms with van der Waals surface area (Å²) in [5.41, 5.74) is 6.51. The molecule has 0 heterocycles. The van der Waals surface area contributed by atoms with Gasteiger partial charge in [-0.1, -0.05) is 6.07 Å². The minimum Gasteiger partial charge on any atom is -0.366 e. The summed E-state index contributed by atoms with van der Waals surface area (Å²) in [6.07, 6.45) is 0. The van der Waals surface area contributed by atoms with Crippen molar-refractivity contribution in [2.24, 2.45) is 5.73 Å². The summed E-state index contributed by atoms with van der Waals surface area (Å²) < 4.78 is 14.3. The van der Waals surface area contributed by atoms with Crippen molar-refractivity contribution in [3.8, 4) is 0 Å². The number of aryl methyl sites for hydroxylation is 1. The van der Waals surface area contributed by atoms with Gasteiger partial charge in [0, 0.05) is 10.0 Å². The van der Waals surface area contributed by atoms with Crippen LogP contribution in [0.15, 0.2) is 40.9 Å². The third-order valence-corrected chi connectivity index (χ3v) is 3.52. The van der Waals surface area contributed by atoms with Gasteiger partial charge in [0.25, 0.3) is 5.91 Å². The van der Waals surface area contributed by atoms with E-state index in [0.29, 0.717) is 10.0 Å². The third kappa shape index (κ3) is 3.46. The fraction of sp³-hybridized carbons (Fsp3) is 0.0667. The molecule has 0 fully saturated rings. The second kappa shape index (κ2) is 6.05. The molecular formula is C15H12BrFN2O2. The Morgan fingerprint density at radius 1 is 1.19 bits per heavy atom. The number of rotatable bonds is 3. The van der Waals surface area contributed by atoms with Gasteiger partial charge in [-0.05, 0) is 58.7 Å². The standard InChI is InChI=1S/C15H12BrFN2O2/c1-8-2-4-10(11(16)6-8)15(21)19-13-7-9(14(18)20)3-5-12(13)17/h2-7H,1H3,(H2,18,20)(H,19,21). The number of carbonyl (C=O) groups is 2. The molecule has 4 nitrogen and oxygen atoms in total. The summed E-state index contributed by atoms with van der Waals surface area (Å²) in [7, 11) is 0. The minimum absolute atomic E-state index is 0.0937. The molecule has 0 saturated heterocycles. The molecule has 0 spiro atoms. The lowest BCUT2D eigenvalue weighted by atomic mass is 10.1. The van der Waals surface area contributed by atoms with Crippen LogP contribution in [-0.4, -0.2) is 11.8 Å². The summed E-state index contributed by atoms with van der Waals surface area (Å²) in [5, 5.41) is 2.43. The van der Waals surface area contributed by atoms with Gasteiger partial charge in [-0.25, -0.2) is 4.39 Å². The van der Waals surface area contributed by atoms with Crippen molar-refractivity contribution >= 4 is 33.4 Å². The summed E-state index contributed by atoms with van der Waals surface area (Å²) in [5.74, 6) is -1.82. The zero-order valence-electron chi connectivity index (χ0n) is 11.1. The average molecular weight is 351 g/mol. The van der Waals surface area contributed by atoms with Crippen molar-refractivity contribution in [3.05, 3.63) is 63.4 Å². The van der Waals surface area contributed by atoms with Gasteiger partial charge in [-0.2, -0.15) is 0 Å². The maximum Gasteiger partial charge on any atom is 0.256 e. The van der Waals surface area contributed by atoms with Crippen LogP contribution in [0, 0.1) is 12.7 Å². The van der Waals surface area contributed by atoms with E-state index in [2.05, 4.69) is 21.2 Å². The smallest absolute Gasteiger partial charge is 0.256 e. The molecule has 0 aliphatic heterocycles. The first-order chi connectivity index (χ1) is 9.88. The number of nitrogens with one attached hydrogen (secondary N) is 1. The molecule has 0 atom stereocenters. The molecule has 2 aromatic rings. The molecule has 2 aromatic carbocycles. The van der Waals surface area contributed by atoms with Gasteiger partial charge >= 0.3 is 0 Å². The molecular weight excluding hydrogens is 339 g/mol. The fourth-order valence-electron chi connectivity index (χ4n) is 1.77. The average Bonchev–Trinajstić information content (AvgIpc) is 2.40. The van der Waals surface area contributed by atoms with Crippen LogP contribution in [0.4, 0.5) is 10.1 Å². The highest BCUT2D eigenvalue weighted by Gasteiger charge is 2.14. The number of halogens is 2. The fourth-order valence-corrected chi connectivity index (χ4v) is 2.44. The van der Waals surface area contributed by atoms with E-state index in [1.807, 2.05) is 6.92 Å². The molecule has 2 rings (SSSR count). The van der Waals surface area contributed by atoms with Gasteiger partial charge in [0.1, 0.15) is 5.82 Å². The quantitative estimate of drug-likeness (QED) is 0.891. The highest BCUT2D eigenvalue weighted by Crippen LogP contribution is 2.21. The van der Waals surface area contributed by atoms with E-state index >= 15 is 0 Å². The Morgan fingerprint density at radius 3 is 2.52 bits per heavy atom. The lowest BCUT2D eigenvalue weighted by molar-refractivity contribution is 0.0996. The number of benzene rings is 2. The summed E-state index contributed by atoms with van der Waals surface area (Å²) in [6.45, 7) is 1.89. The van der Waals surface area contributed by atoms with Crippen LogP contribution in [0.5, 0.6) is 0 Å². The van der Waals surface area contributed by atoms with Gasteiger partial charge in [-0.15, -0.1) is 0 Å². The maximum absolute atomic E-state index is 13.7. The lowest BCUT2D eigenvalue weighted by Gasteiger charge is -2.09. The Kier molecular flexibility index (Phi) is 4.37. The molecule has 0 radical (unpaired) electrons. The monoisotopic (exact) mass is 350 g/mol. The predicted octanol–water partition coefficient (Wildman–Crippen LogP) is 3.25. The normalized spacial score (nSPS) is 10.2. The highest BCUT2D eigenvalue weighted by molar-refractivity contribution is 9.10. The molecule has 0 unspecified atom stereocenters. The molecule has 0 aliphatic rings. The Morgan fingerprint density at radius 2 is 1.90 bits per heavy atom. The van der Waals surface area contributed by atoms with Gasteiger partial charge in [-0.3, -0.25) is 9.59 Å². The molecule has 0 bridgehead atoms. The SMILES string of the molecule is Cc1ccc(C(=O)Nc2cc(C(N)=O)ccc2F)c(Br)c1. The Labute approximate surface area is 129 Å². The molecule has 108 valence electrons. The predicted molar refractivity (Wildman–Crippen MR) is 81.8 cm³/mol. The molecule has 0 aliphatic carbocycles. The Hall–Kier alpha value is -2.21. The Bertz CT molecular complexity index is 732. The molecule has 3 N–H and O–H groups in total. The van der Waals surface area contributed by atoms with Crippen molar-refractivity contribution in [3.63, 3.8) is 0 Å². The maximum atomic E-state index is 13.7. The van der Waals surface area contributed by atoms with Crippen molar-refractivity contribution in [2.45, 2.75) is 6.92 Å². The van der Waals surface area contributed by atoms with E-state index in [4.69, 9.17) is 5.73 Å². The van der Waals surface area contributed by atoms with Crippen molar-refractivity contribution in [2.75, 3.05) is 5.32 Å². The number of anilines is 1. The first-order valence-electron chi connectivity index (χ1n) is 6.05. The molecule has 0 saturated carbocycles. The minimum atomic E-state index is -0.693. The van der Waals surface area contributed by atoms with Crippen LogP contribution in [0.3, 0.4) is 0 Å². The van der Waals surface area contributed by atoms with Gasteiger partial charge in [0.2, 0.25) is 5.91 Å². The van der Waals surface area contributed by atoms with Crippen molar-refractivity contribution < 1.29 is 14.0 Å². The van der Waals surface area contributed by atoms with Crippen LogP contribution < -0.4 is 11.1 Å². The molecule has 21 heavy (non-hydrogen) atoms. The number of hydrogen-bond acceptors (Lipinski definition) is 2. The van der Waals surface area contributed by atoms with Gasteiger partial charge in [0.05, 0.1) is 11.3 Å². The van der Waals surface area contributed by atoms with Crippen LogP contribution in [0.25, 0.3) is 0 Å². The van der Waals surface area contributed by atoms with Gasteiger partial charge in [0.15, 0.2) is 0 Å². The zero-order chi connectivity index (χ0) is 15.6.